The van der Waals surface area contributed by atoms with Crippen molar-refractivity contribution in [2.75, 3.05) is 13.2 Å². The molecule has 1 aliphatic heterocycles. The quantitative estimate of drug-likeness (QED) is 0.527. The van der Waals surface area contributed by atoms with Crippen LogP contribution in [0.1, 0.15) is 39.2 Å². The number of aryl methyl sites for hydroxylation is 1. The van der Waals surface area contributed by atoms with Crippen molar-refractivity contribution in [3.05, 3.63) is 29.8 Å². The van der Waals surface area contributed by atoms with Gasteiger partial charge in [0.1, 0.15) is 6.10 Å². The van der Waals surface area contributed by atoms with Gasteiger partial charge in [0.2, 0.25) is 0 Å². The van der Waals surface area contributed by atoms with Crippen LogP contribution in [-0.2, 0) is 23.5 Å². The zero-order valence-corrected chi connectivity index (χ0v) is 18.6. The first-order valence-corrected chi connectivity index (χ1v) is 13.5. The summed E-state index contributed by atoms with van der Waals surface area (Å²) in [5.74, 6) is 0. The van der Waals surface area contributed by atoms with E-state index in [1.54, 1.807) is 24.3 Å². The fraction of sp³-hybridized carbons (Fsp3) is 0.684. The second kappa shape index (κ2) is 8.10. The summed E-state index contributed by atoms with van der Waals surface area (Å²) in [5.41, 5.74) is 1.00. The molecule has 0 N–H and O–H groups in total. The lowest BCUT2D eigenvalue weighted by Crippen LogP contribution is -2.50. The largest absolute Gasteiger partial charge is 0.411 e. The molecular weight excluding hydrogens is 368 g/mol. The normalized spacial score (nSPS) is 22.4. The van der Waals surface area contributed by atoms with Gasteiger partial charge in [-0.15, -0.1) is 0 Å². The molecule has 0 spiro atoms. The Morgan fingerprint density at radius 3 is 2.38 bits per heavy atom. The first kappa shape index (κ1) is 21.6. The highest BCUT2D eigenvalue weighted by Gasteiger charge is 2.42. The SMILES string of the molecule is Cc1ccc(S(=O)(=O)OC[C@H]2OCCC[C@@H]2O[Si](C)(C)C(C)(C)C)cc1. The highest BCUT2D eigenvalue weighted by Crippen LogP contribution is 2.39. The maximum atomic E-state index is 12.4. The third kappa shape index (κ3) is 5.39. The summed E-state index contributed by atoms with van der Waals surface area (Å²) < 4.78 is 42.5. The molecule has 2 atom stereocenters. The molecule has 0 aliphatic carbocycles. The van der Waals surface area contributed by atoms with Gasteiger partial charge < -0.3 is 9.16 Å². The van der Waals surface area contributed by atoms with Crippen molar-refractivity contribution in [2.45, 2.75) is 75.8 Å². The van der Waals surface area contributed by atoms with Crippen LogP contribution in [0, 0.1) is 6.92 Å². The van der Waals surface area contributed by atoms with Gasteiger partial charge in [-0.25, -0.2) is 0 Å². The van der Waals surface area contributed by atoms with E-state index >= 15 is 0 Å². The molecule has 0 amide bonds. The molecule has 0 radical (unpaired) electrons. The lowest BCUT2D eigenvalue weighted by atomic mass is 10.1. The van der Waals surface area contributed by atoms with E-state index in [9.17, 15) is 8.42 Å². The van der Waals surface area contributed by atoms with Gasteiger partial charge in [0.25, 0.3) is 10.1 Å². The van der Waals surface area contributed by atoms with Gasteiger partial charge in [-0.05, 0) is 50.0 Å². The van der Waals surface area contributed by atoms with Crippen LogP contribution in [0.3, 0.4) is 0 Å². The van der Waals surface area contributed by atoms with Gasteiger partial charge in [-0.1, -0.05) is 38.5 Å². The molecule has 0 bridgehead atoms. The van der Waals surface area contributed by atoms with E-state index in [4.69, 9.17) is 13.3 Å². The van der Waals surface area contributed by atoms with E-state index in [1.807, 2.05) is 6.92 Å². The van der Waals surface area contributed by atoms with Crippen LogP contribution in [0.5, 0.6) is 0 Å². The van der Waals surface area contributed by atoms with Crippen molar-refractivity contribution in [3.8, 4) is 0 Å². The minimum atomic E-state index is -3.80. The van der Waals surface area contributed by atoms with E-state index < -0.39 is 18.4 Å². The average Bonchev–Trinajstić information content (AvgIpc) is 2.53. The Labute approximate surface area is 159 Å². The molecule has 0 unspecified atom stereocenters. The van der Waals surface area contributed by atoms with Crippen molar-refractivity contribution < 1.29 is 21.8 Å². The summed E-state index contributed by atoms with van der Waals surface area (Å²) in [6.07, 6.45) is 1.29. The van der Waals surface area contributed by atoms with E-state index in [1.165, 1.54) is 0 Å². The first-order chi connectivity index (χ1) is 11.9. The van der Waals surface area contributed by atoms with Gasteiger partial charge >= 0.3 is 0 Å². The Morgan fingerprint density at radius 1 is 1.19 bits per heavy atom. The number of hydrogen-bond acceptors (Lipinski definition) is 5. The monoisotopic (exact) mass is 400 g/mol. The number of rotatable bonds is 6. The van der Waals surface area contributed by atoms with Crippen molar-refractivity contribution in [3.63, 3.8) is 0 Å². The van der Waals surface area contributed by atoms with E-state index in [2.05, 4.69) is 33.9 Å². The molecule has 1 aromatic carbocycles. The predicted octanol–water partition coefficient (Wildman–Crippen LogP) is 4.27. The van der Waals surface area contributed by atoms with Gasteiger partial charge in [-0.2, -0.15) is 8.42 Å². The maximum Gasteiger partial charge on any atom is 0.297 e. The molecule has 1 aromatic rings. The third-order valence-corrected chi connectivity index (χ3v) is 11.1. The van der Waals surface area contributed by atoms with Crippen molar-refractivity contribution in [1.29, 1.82) is 0 Å². The van der Waals surface area contributed by atoms with Crippen LogP contribution in [0.25, 0.3) is 0 Å². The van der Waals surface area contributed by atoms with E-state index in [0.717, 1.165) is 18.4 Å². The smallest absolute Gasteiger partial charge is 0.297 e. The summed E-state index contributed by atoms with van der Waals surface area (Å²) in [6, 6.07) is 6.65. The highest BCUT2D eigenvalue weighted by atomic mass is 32.2. The Balaban J connectivity index is 2.05. The number of benzene rings is 1. The molecular formula is C19H32O5SSi. The number of ether oxygens (including phenoxy) is 1. The molecule has 26 heavy (non-hydrogen) atoms. The molecule has 148 valence electrons. The molecule has 1 saturated heterocycles. The predicted molar refractivity (Wildman–Crippen MR) is 105 cm³/mol. The van der Waals surface area contributed by atoms with E-state index in [-0.39, 0.29) is 28.7 Å². The van der Waals surface area contributed by atoms with Crippen molar-refractivity contribution in [2.24, 2.45) is 0 Å². The molecule has 0 saturated carbocycles. The van der Waals surface area contributed by atoms with Crippen LogP contribution < -0.4 is 0 Å². The van der Waals surface area contributed by atoms with Crippen molar-refractivity contribution in [1.82, 2.24) is 0 Å². The summed E-state index contributed by atoms with van der Waals surface area (Å²) >= 11 is 0. The Kier molecular flexibility index (Phi) is 6.72. The molecule has 7 heteroatoms. The Hall–Kier alpha value is -0.733. The second-order valence-electron chi connectivity index (χ2n) is 8.52. The Morgan fingerprint density at radius 2 is 1.81 bits per heavy atom. The van der Waals surface area contributed by atoms with Crippen LogP contribution in [0.15, 0.2) is 29.2 Å². The third-order valence-electron chi connectivity index (χ3n) is 5.33. The zero-order chi connectivity index (χ0) is 19.6. The summed E-state index contributed by atoms with van der Waals surface area (Å²) in [6.45, 7) is 13.5. The fourth-order valence-electron chi connectivity index (χ4n) is 2.59. The molecule has 1 aliphatic rings. The molecule has 2 rings (SSSR count). The molecule has 1 heterocycles. The molecule has 0 aromatic heterocycles. The first-order valence-electron chi connectivity index (χ1n) is 9.18. The van der Waals surface area contributed by atoms with Gasteiger partial charge in [-0.3, -0.25) is 4.18 Å². The van der Waals surface area contributed by atoms with Gasteiger partial charge in [0.05, 0.1) is 17.6 Å². The Bertz CT molecular complexity index is 692. The highest BCUT2D eigenvalue weighted by molar-refractivity contribution is 7.86. The van der Waals surface area contributed by atoms with Crippen molar-refractivity contribution >= 4 is 18.4 Å². The van der Waals surface area contributed by atoms with Crippen LogP contribution in [0.4, 0.5) is 0 Å². The fourth-order valence-corrected chi connectivity index (χ4v) is 4.89. The summed E-state index contributed by atoms with van der Waals surface area (Å²) in [4.78, 5) is 0.167. The standard InChI is InChI=1S/C19H32O5SSi/c1-15-9-11-16(12-10-15)25(20,21)23-14-18-17(8-7-13-22-18)24-26(5,6)19(2,3)4/h9-12,17-18H,7-8,13-14H2,1-6H3/t17-,18+/m0/s1. The van der Waals surface area contributed by atoms with Crippen LogP contribution in [0.2, 0.25) is 18.1 Å². The lowest BCUT2D eigenvalue weighted by Gasteiger charge is -2.42. The zero-order valence-electron chi connectivity index (χ0n) is 16.7. The molecule has 5 nitrogen and oxygen atoms in total. The van der Waals surface area contributed by atoms with Crippen LogP contribution >= 0.6 is 0 Å². The van der Waals surface area contributed by atoms with Crippen LogP contribution in [-0.4, -0.2) is 42.2 Å². The minimum absolute atomic E-state index is 0.0184. The average molecular weight is 401 g/mol. The lowest BCUT2D eigenvalue weighted by molar-refractivity contribution is -0.0836. The van der Waals surface area contributed by atoms with Gasteiger partial charge in [0.15, 0.2) is 8.32 Å². The topological polar surface area (TPSA) is 61.8 Å². The molecule has 1 fully saturated rings. The summed E-state index contributed by atoms with van der Waals surface area (Å²) in [5, 5.41) is 0.0871. The second-order valence-corrected chi connectivity index (χ2v) is 14.9. The van der Waals surface area contributed by atoms with E-state index in [0.29, 0.717) is 6.61 Å². The van der Waals surface area contributed by atoms with Gasteiger partial charge in [0, 0.05) is 6.61 Å². The minimum Gasteiger partial charge on any atom is -0.411 e. The summed E-state index contributed by atoms with van der Waals surface area (Å²) in [7, 11) is -5.76. The number of hydrogen-bond donors (Lipinski definition) is 0. The maximum absolute atomic E-state index is 12.4.